The van der Waals surface area contributed by atoms with Crippen LogP contribution in [0.4, 0.5) is 11.5 Å². The predicted octanol–water partition coefficient (Wildman–Crippen LogP) is -0.734. The summed E-state index contributed by atoms with van der Waals surface area (Å²) in [6.07, 6.45) is 3.13. The number of anilines is 2. The van der Waals surface area contributed by atoms with Crippen LogP contribution < -0.4 is 26.8 Å². The van der Waals surface area contributed by atoms with Crippen LogP contribution in [0.5, 0.6) is 0 Å². The summed E-state index contributed by atoms with van der Waals surface area (Å²) in [7, 11) is 2.93. The number of hydrogen-bond donors (Lipinski definition) is 2. The highest BCUT2D eigenvalue weighted by molar-refractivity contribution is 5.90. The summed E-state index contributed by atoms with van der Waals surface area (Å²) in [4.78, 5) is 47.7. The lowest BCUT2D eigenvalue weighted by Gasteiger charge is -2.35. The Labute approximate surface area is 172 Å². The number of aromatic nitrogens is 5. The maximum atomic E-state index is 12.5. The standard InChI is InChI=1S/C19H24N8O3/c1-12-8-20-6-7-27(12)13-4-5-14(21-9-13)23-15(28)10-26-11-22-17-16(26)18(29)25(3)19(30)24(17)2/h4-5,9,11-12,20H,6-8,10H2,1-3H3,(H,21,23,28)/t12-/m1/s1. The molecule has 1 atom stereocenters. The first kappa shape index (κ1) is 19.8. The van der Waals surface area contributed by atoms with Crippen molar-refractivity contribution >= 4 is 28.6 Å². The van der Waals surface area contributed by atoms with Gasteiger partial charge in [0, 0.05) is 39.8 Å². The third-order valence-corrected chi connectivity index (χ3v) is 5.38. The van der Waals surface area contributed by atoms with Crippen LogP contribution in [0.25, 0.3) is 11.2 Å². The summed E-state index contributed by atoms with van der Waals surface area (Å²) in [5, 5.41) is 6.09. The Bertz CT molecular complexity index is 1210. The van der Waals surface area contributed by atoms with Crippen LogP contribution in [0.3, 0.4) is 0 Å². The Hall–Kier alpha value is -3.47. The molecule has 11 heteroatoms. The first-order chi connectivity index (χ1) is 14.4. The van der Waals surface area contributed by atoms with E-state index >= 15 is 0 Å². The van der Waals surface area contributed by atoms with Crippen molar-refractivity contribution in [2.45, 2.75) is 19.5 Å². The van der Waals surface area contributed by atoms with Crippen LogP contribution in [-0.4, -0.2) is 55.3 Å². The van der Waals surface area contributed by atoms with E-state index in [0.29, 0.717) is 11.9 Å². The molecule has 0 saturated carbocycles. The van der Waals surface area contributed by atoms with Crippen molar-refractivity contribution in [2.75, 3.05) is 29.9 Å². The molecule has 0 spiro atoms. The first-order valence-electron chi connectivity index (χ1n) is 9.71. The molecule has 0 aliphatic carbocycles. The molecule has 2 N–H and O–H groups in total. The van der Waals surface area contributed by atoms with Gasteiger partial charge in [-0.05, 0) is 19.1 Å². The van der Waals surface area contributed by atoms with Crippen LogP contribution in [-0.2, 0) is 25.4 Å². The van der Waals surface area contributed by atoms with Crippen molar-refractivity contribution in [1.82, 2.24) is 29.0 Å². The van der Waals surface area contributed by atoms with Crippen molar-refractivity contribution in [2.24, 2.45) is 14.1 Å². The smallest absolute Gasteiger partial charge is 0.332 e. The Morgan fingerprint density at radius 2 is 2.03 bits per heavy atom. The second kappa shape index (κ2) is 7.75. The molecule has 1 amide bonds. The van der Waals surface area contributed by atoms with Gasteiger partial charge in [0.1, 0.15) is 12.4 Å². The van der Waals surface area contributed by atoms with Gasteiger partial charge >= 0.3 is 5.69 Å². The molecule has 30 heavy (non-hydrogen) atoms. The van der Waals surface area contributed by atoms with E-state index in [9.17, 15) is 14.4 Å². The van der Waals surface area contributed by atoms with E-state index in [0.717, 1.165) is 29.9 Å². The van der Waals surface area contributed by atoms with E-state index in [4.69, 9.17) is 0 Å². The van der Waals surface area contributed by atoms with Gasteiger partial charge in [-0.2, -0.15) is 0 Å². The number of imidazole rings is 1. The van der Waals surface area contributed by atoms with E-state index in [2.05, 4.69) is 32.4 Å². The lowest BCUT2D eigenvalue weighted by Crippen LogP contribution is -2.49. The van der Waals surface area contributed by atoms with Gasteiger partial charge in [-0.3, -0.25) is 18.7 Å². The largest absolute Gasteiger partial charge is 0.365 e. The minimum Gasteiger partial charge on any atom is -0.365 e. The van der Waals surface area contributed by atoms with Gasteiger partial charge in [0.15, 0.2) is 11.2 Å². The van der Waals surface area contributed by atoms with Gasteiger partial charge < -0.3 is 20.1 Å². The van der Waals surface area contributed by atoms with Crippen molar-refractivity contribution in [3.8, 4) is 0 Å². The maximum absolute atomic E-state index is 12.5. The number of amides is 1. The first-order valence-corrected chi connectivity index (χ1v) is 9.71. The summed E-state index contributed by atoms with van der Waals surface area (Å²) < 4.78 is 3.71. The van der Waals surface area contributed by atoms with Crippen LogP contribution in [0.1, 0.15) is 6.92 Å². The Balaban J connectivity index is 1.50. The number of rotatable bonds is 4. The van der Waals surface area contributed by atoms with Crippen LogP contribution >= 0.6 is 0 Å². The van der Waals surface area contributed by atoms with E-state index < -0.39 is 11.2 Å². The van der Waals surface area contributed by atoms with Gasteiger partial charge in [-0.15, -0.1) is 0 Å². The van der Waals surface area contributed by atoms with Gasteiger partial charge in [-0.1, -0.05) is 0 Å². The number of hydrogen-bond acceptors (Lipinski definition) is 7. The molecule has 1 aliphatic rings. The predicted molar refractivity (Wildman–Crippen MR) is 113 cm³/mol. The third kappa shape index (κ3) is 3.47. The quantitative estimate of drug-likeness (QED) is 0.580. The highest BCUT2D eigenvalue weighted by Crippen LogP contribution is 2.19. The van der Waals surface area contributed by atoms with E-state index in [1.54, 1.807) is 12.3 Å². The molecule has 0 unspecified atom stereocenters. The fourth-order valence-electron chi connectivity index (χ4n) is 3.71. The van der Waals surface area contributed by atoms with Gasteiger partial charge in [0.25, 0.3) is 5.56 Å². The molecule has 1 aliphatic heterocycles. The van der Waals surface area contributed by atoms with Crippen molar-refractivity contribution in [1.29, 1.82) is 0 Å². The van der Waals surface area contributed by atoms with E-state index in [1.807, 2.05) is 6.07 Å². The molecular weight excluding hydrogens is 388 g/mol. The van der Waals surface area contributed by atoms with Crippen molar-refractivity contribution < 1.29 is 4.79 Å². The molecule has 4 heterocycles. The summed E-state index contributed by atoms with van der Waals surface area (Å²) in [5.41, 5.74) is 0.484. The Kier molecular flexibility index (Phi) is 5.12. The fourth-order valence-corrected chi connectivity index (χ4v) is 3.71. The van der Waals surface area contributed by atoms with Crippen LogP contribution in [0.15, 0.2) is 34.2 Å². The topological polar surface area (TPSA) is 119 Å². The van der Waals surface area contributed by atoms with Gasteiger partial charge in [0.05, 0.1) is 18.2 Å². The minimum atomic E-state index is -0.494. The van der Waals surface area contributed by atoms with Crippen molar-refractivity contribution in [3.05, 3.63) is 45.5 Å². The lowest BCUT2D eigenvalue weighted by molar-refractivity contribution is -0.116. The molecule has 1 fully saturated rings. The third-order valence-electron chi connectivity index (χ3n) is 5.38. The van der Waals surface area contributed by atoms with E-state index in [-0.39, 0.29) is 23.6 Å². The summed E-state index contributed by atoms with van der Waals surface area (Å²) in [6, 6.07) is 4.06. The summed E-state index contributed by atoms with van der Waals surface area (Å²) in [5.74, 6) is 0.0808. The van der Waals surface area contributed by atoms with Crippen LogP contribution in [0, 0.1) is 0 Å². The number of piperazine rings is 1. The maximum Gasteiger partial charge on any atom is 0.332 e. The average molecular weight is 412 g/mol. The monoisotopic (exact) mass is 412 g/mol. The molecular formula is C19H24N8O3. The molecule has 0 aromatic carbocycles. The number of fused-ring (bicyclic) bond motifs is 1. The molecule has 3 aromatic heterocycles. The Morgan fingerprint density at radius 1 is 1.23 bits per heavy atom. The zero-order valence-corrected chi connectivity index (χ0v) is 17.1. The number of pyridine rings is 1. The second-order valence-electron chi connectivity index (χ2n) is 7.45. The van der Waals surface area contributed by atoms with Crippen molar-refractivity contribution in [3.63, 3.8) is 0 Å². The SMILES string of the molecule is C[C@@H]1CNCCN1c1ccc(NC(=O)Cn2cnc3c2c(=O)n(C)c(=O)n3C)nc1. The fraction of sp³-hybridized carbons (Fsp3) is 0.421. The molecule has 158 valence electrons. The number of carbonyl (C=O) groups excluding carboxylic acids is 1. The van der Waals surface area contributed by atoms with Gasteiger partial charge in [0.2, 0.25) is 5.91 Å². The van der Waals surface area contributed by atoms with Gasteiger partial charge in [-0.25, -0.2) is 14.8 Å². The number of nitrogens with zero attached hydrogens (tertiary/aromatic N) is 6. The molecule has 0 bridgehead atoms. The number of carbonyl (C=O) groups is 1. The van der Waals surface area contributed by atoms with Crippen LogP contribution in [0.2, 0.25) is 0 Å². The molecule has 1 saturated heterocycles. The molecule has 3 aromatic rings. The number of nitrogens with one attached hydrogen (secondary N) is 2. The zero-order valence-electron chi connectivity index (χ0n) is 17.1. The summed E-state index contributed by atoms with van der Waals surface area (Å²) >= 11 is 0. The molecule has 11 nitrogen and oxygen atoms in total. The average Bonchev–Trinajstić information content (AvgIpc) is 3.15. The molecule has 0 radical (unpaired) electrons. The highest BCUT2D eigenvalue weighted by Gasteiger charge is 2.19. The highest BCUT2D eigenvalue weighted by atomic mass is 16.2. The Morgan fingerprint density at radius 3 is 2.73 bits per heavy atom. The minimum absolute atomic E-state index is 0.123. The summed E-state index contributed by atoms with van der Waals surface area (Å²) in [6.45, 7) is 4.77. The van der Waals surface area contributed by atoms with E-state index in [1.165, 1.54) is 29.6 Å². The number of aryl methyl sites for hydroxylation is 1. The second-order valence-corrected chi connectivity index (χ2v) is 7.45. The zero-order chi connectivity index (χ0) is 21.4. The lowest BCUT2D eigenvalue weighted by atomic mass is 10.2. The normalized spacial score (nSPS) is 16.8. The molecule has 4 rings (SSSR count).